The van der Waals surface area contributed by atoms with Crippen molar-refractivity contribution in [2.24, 2.45) is 11.0 Å². The van der Waals surface area contributed by atoms with Crippen molar-refractivity contribution in [1.29, 1.82) is 0 Å². The van der Waals surface area contributed by atoms with Gasteiger partial charge in [0.25, 0.3) is 0 Å². The van der Waals surface area contributed by atoms with Crippen molar-refractivity contribution in [2.45, 2.75) is 32.1 Å². The maximum Gasteiger partial charge on any atom is 0.0385 e. The topological polar surface area (TPSA) is 52.0 Å². The van der Waals surface area contributed by atoms with Gasteiger partial charge in [-0.25, -0.2) is 0 Å². The summed E-state index contributed by atoms with van der Waals surface area (Å²) in [6.45, 7) is 2.65. The van der Waals surface area contributed by atoms with E-state index in [9.17, 15) is 0 Å². The molecule has 0 N–H and O–H groups in total. The van der Waals surface area contributed by atoms with Crippen molar-refractivity contribution in [3.8, 4) is 0 Å². The lowest BCUT2D eigenvalue weighted by Crippen LogP contribution is -2.29. The third-order valence-electron chi connectivity index (χ3n) is 2.94. The highest BCUT2D eigenvalue weighted by Crippen LogP contribution is 2.23. The van der Waals surface area contributed by atoms with Crippen LogP contribution in [0.25, 0.3) is 10.4 Å². The van der Waals surface area contributed by atoms with Crippen LogP contribution in [0.15, 0.2) is 5.11 Å². The monoisotopic (exact) mass is 196 g/mol. The van der Waals surface area contributed by atoms with Crippen molar-refractivity contribution >= 4 is 0 Å². The van der Waals surface area contributed by atoms with E-state index in [0.717, 1.165) is 12.5 Å². The van der Waals surface area contributed by atoms with Crippen LogP contribution in [0.2, 0.25) is 0 Å². The first kappa shape index (κ1) is 11.3. The summed E-state index contributed by atoms with van der Waals surface area (Å²) in [5.74, 6) is 0.875. The largest absolute Gasteiger partial charge is 0.306 e. The van der Waals surface area contributed by atoms with Gasteiger partial charge in [0.15, 0.2) is 0 Å². The highest BCUT2D eigenvalue weighted by atomic mass is 15.2. The number of rotatable bonds is 5. The van der Waals surface area contributed by atoms with E-state index in [-0.39, 0.29) is 0 Å². The first-order valence-corrected chi connectivity index (χ1v) is 5.52. The van der Waals surface area contributed by atoms with E-state index in [1.165, 1.54) is 38.6 Å². The Morgan fingerprint density at radius 2 is 2.07 bits per heavy atom. The SMILES string of the molecule is CN(CCN=[N+]=[N-])CC1CCCCC1. The Bertz CT molecular complexity index is 192. The summed E-state index contributed by atoms with van der Waals surface area (Å²) in [6.07, 6.45) is 6.97. The van der Waals surface area contributed by atoms with E-state index in [4.69, 9.17) is 5.53 Å². The lowest BCUT2D eigenvalue weighted by Gasteiger charge is -2.26. The van der Waals surface area contributed by atoms with Crippen molar-refractivity contribution in [2.75, 3.05) is 26.7 Å². The van der Waals surface area contributed by atoms with E-state index < -0.39 is 0 Å². The fourth-order valence-electron chi connectivity index (χ4n) is 2.16. The molecular formula is C10H20N4. The van der Waals surface area contributed by atoms with E-state index in [0.29, 0.717) is 6.54 Å². The fraction of sp³-hybridized carbons (Fsp3) is 1.00. The minimum atomic E-state index is 0.597. The molecule has 0 aliphatic heterocycles. The molecule has 1 saturated carbocycles. The average molecular weight is 196 g/mol. The maximum atomic E-state index is 8.14. The van der Waals surface area contributed by atoms with Crippen molar-refractivity contribution < 1.29 is 0 Å². The molecule has 1 fully saturated rings. The minimum absolute atomic E-state index is 0.597. The Hall–Kier alpha value is -0.730. The second-order valence-electron chi connectivity index (χ2n) is 4.22. The molecule has 4 nitrogen and oxygen atoms in total. The molecule has 0 heterocycles. The summed E-state index contributed by atoms with van der Waals surface area (Å²) >= 11 is 0. The Kier molecular flexibility index (Phi) is 5.42. The van der Waals surface area contributed by atoms with Gasteiger partial charge in [0.1, 0.15) is 0 Å². The first-order chi connectivity index (χ1) is 6.83. The Balaban J connectivity index is 2.11. The molecule has 0 bridgehead atoms. The van der Waals surface area contributed by atoms with Crippen LogP contribution in [-0.4, -0.2) is 31.6 Å². The summed E-state index contributed by atoms with van der Waals surface area (Å²) in [6, 6.07) is 0. The lowest BCUT2D eigenvalue weighted by atomic mass is 9.89. The molecule has 0 spiro atoms. The van der Waals surface area contributed by atoms with E-state index >= 15 is 0 Å². The molecule has 1 aliphatic carbocycles. The molecule has 0 aromatic heterocycles. The predicted octanol–water partition coefficient (Wildman–Crippen LogP) is 2.81. The smallest absolute Gasteiger partial charge is 0.0385 e. The molecule has 1 aliphatic rings. The van der Waals surface area contributed by atoms with Gasteiger partial charge in [-0.2, -0.15) is 0 Å². The molecule has 0 atom stereocenters. The zero-order valence-electron chi connectivity index (χ0n) is 9.02. The zero-order chi connectivity index (χ0) is 10.2. The number of hydrogen-bond donors (Lipinski definition) is 0. The minimum Gasteiger partial charge on any atom is -0.306 e. The molecule has 0 aromatic rings. The Morgan fingerprint density at radius 3 is 2.71 bits per heavy atom. The highest BCUT2D eigenvalue weighted by Gasteiger charge is 2.14. The summed E-state index contributed by atoms with van der Waals surface area (Å²) in [7, 11) is 2.11. The van der Waals surface area contributed by atoms with Crippen molar-refractivity contribution in [3.63, 3.8) is 0 Å². The molecule has 0 amide bonds. The summed E-state index contributed by atoms with van der Waals surface area (Å²) in [5.41, 5.74) is 8.14. The first-order valence-electron chi connectivity index (χ1n) is 5.52. The van der Waals surface area contributed by atoms with Gasteiger partial charge in [-0.1, -0.05) is 24.4 Å². The van der Waals surface area contributed by atoms with E-state index in [1.807, 2.05) is 0 Å². The predicted molar refractivity (Wildman–Crippen MR) is 58.1 cm³/mol. The summed E-state index contributed by atoms with van der Waals surface area (Å²) in [4.78, 5) is 5.04. The fourth-order valence-corrected chi connectivity index (χ4v) is 2.16. The number of hydrogen-bond acceptors (Lipinski definition) is 2. The molecule has 4 heteroatoms. The molecule has 0 aromatic carbocycles. The van der Waals surface area contributed by atoms with Gasteiger partial charge in [-0.15, -0.1) is 0 Å². The Morgan fingerprint density at radius 1 is 1.36 bits per heavy atom. The van der Waals surface area contributed by atoms with Gasteiger partial charge in [-0.3, -0.25) is 0 Å². The maximum absolute atomic E-state index is 8.14. The lowest BCUT2D eigenvalue weighted by molar-refractivity contribution is 0.238. The molecule has 0 unspecified atom stereocenters. The van der Waals surface area contributed by atoms with Crippen LogP contribution in [0.4, 0.5) is 0 Å². The van der Waals surface area contributed by atoms with Gasteiger partial charge in [0.05, 0.1) is 0 Å². The summed E-state index contributed by atoms with van der Waals surface area (Å²) in [5, 5.41) is 3.54. The van der Waals surface area contributed by atoms with Crippen molar-refractivity contribution in [1.82, 2.24) is 4.90 Å². The van der Waals surface area contributed by atoms with Crippen molar-refractivity contribution in [3.05, 3.63) is 10.4 Å². The zero-order valence-corrected chi connectivity index (χ0v) is 9.02. The molecule has 14 heavy (non-hydrogen) atoms. The van der Waals surface area contributed by atoms with Crippen LogP contribution < -0.4 is 0 Å². The molecule has 0 saturated heterocycles. The van der Waals surface area contributed by atoms with Gasteiger partial charge in [0, 0.05) is 24.5 Å². The van der Waals surface area contributed by atoms with Gasteiger partial charge < -0.3 is 4.90 Å². The van der Waals surface area contributed by atoms with Crippen LogP contribution in [0.3, 0.4) is 0 Å². The molecule has 1 rings (SSSR count). The van der Waals surface area contributed by atoms with Crippen LogP contribution in [0.5, 0.6) is 0 Å². The van der Waals surface area contributed by atoms with Crippen LogP contribution >= 0.6 is 0 Å². The molecular weight excluding hydrogens is 176 g/mol. The number of nitrogens with zero attached hydrogens (tertiary/aromatic N) is 4. The van der Waals surface area contributed by atoms with Crippen LogP contribution in [-0.2, 0) is 0 Å². The van der Waals surface area contributed by atoms with Crippen LogP contribution in [0.1, 0.15) is 32.1 Å². The quantitative estimate of drug-likeness (QED) is 0.379. The van der Waals surface area contributed by atoms with Crippen LogP contribution in [0, 0.1) is 5.92 Å². The molecule has 80 valence electrons. The average Bonchev–Trinajstić information content (AvgIpc) is 2.20. The van der Waals surface area contributed by atoms with Gasteiger partial charge in [-0.05, 0) is 31.3 Å². The van der Waals surface area contributed by atoms with Gasteiger partial charge in [0.2, 0.25) is 0 Å². The normalized spacial score (nSPS) is 18.1. The number of likely N-dealkylation sites (N-methyl/N-ethyl adjacent to an activating group) is 1. The van der Waals surface area contributed by atoms with E-state index in [1.54, 1.807) is 0 Å². The van der Waals surface area contributed by atoms with E-state index in [2.05, 4.69) is 22.0 Å². The second kappa shape index (κ2) is 6.68. The second-order valence-corrected chi connectivity index (χ2v) is 4.22. The third kappa shape index (κ3) is 4.49. The molecule has 0 radical (unpaired) electrons. The standard InChI is InChI=1S/C10H20N4/c1-14(8-7-12-13-11)9-10-5-3-2-4-6-10/h10H,2-9H2,1H3. The van der Waals surface area contributed by atoms with Gasteiger partial charge >= 0.3 is 0 Å². The number of azide groups is 1. The summed E-state index contributed by atoms with van der Waals surface area (Å²) < 4.78 is 0. The third-order valence-corrected chi connectivity index (χ3v) is 2.94. The highest BCUT2D eigenvalue weighted by molar-refractivity contribution is 4.69. The Labute approximate surface area is 85.9 Å².